The maximum Gasteiger partial charge on any atom is 0.123 e. The molecule has 17 heavy (non-hydrogen) atoms. The largest absolute Gasteiger partial charge is 0.265 e. The van der Waals surface area contributed by atoms with Gasteiger partial charge >= 0.3 is 0 Å². The van der Waals surface area contributed by atoms with Crippen molar-refractivity contribution in [2.24, 2.45) is 0 Å². The second kappa shape index (κ2) is 5.04. The van der Waals surface area contributed by atoms with E-state index < -0.39 is 0 Å². The SMILES string of the molecule is N#C/C(=C\c1ccc(F)cc1)c1ccncc1. The quantitative estimate of drug-likeness (QED) is 0.734. The zero-order valence-electron chi connectivity index (χ0n) is 8.97. The summed E-state index contributed by atoms with van der Waals surface area (Å²) in [4.78, 5) is 3.89. The van der Waals surface area contributed by atoms with E-state index >= 15 is 0 Å². The second-order valence-corrected chi connectivity index (χ2v) is 3.46. The molecule has 82 valence electrons. The van der Waals surface area contributed by atoms with Gasteiger partial charge in [-0.1, -0.05) is 12.1 Å². The van der Waals surface area contributed by atoms with E-state index in [2.05, 4.69) is 11.1 Å². The van der Waals surface area contributed by atoms with E-state index in [-0.39, 0.29) is 5.82 Å². The highest BCUT2D eigenvalue weighted by atomic mass is 19.1. The zero-order chi connectivity index (χ0) is 12.1. The molecular formula is C14H9FN2. The molecule has 2 aromatic rings. The summed E-state index contributed by atoms with van der Waals surface area (Å²) in [5.74, 6) is -0.287. The van der Waals surface area contributed by atoms with Crippen molar-refractivity contribution in [1.29, 1.82) is 5.26 Å². The Morgan fingerprint density at radius 1 is 1.12 bits per heavy atom. The van der Waals surface area contributed by atoms with Gasteiger partial charge in [0.15, 0.2) is 0 Å². The molecule has 0 bridgehead atoms. The zero-order valence-corrected chi connectivity index (χ0v) is 8.97. The molecule has 0 aliphatic carbocycles. The molecule has 0 aliphatic rings. The normalized spacial score (nSPS) is 10.9. The molecule has 1 heterocycles. The number of hydrogen-bond acceptors (Lipinski definition) is 2. The van der Waals surface area contributed by atoms with Crippen LogP contribution in [0.15, 0.2) is 48.8 Å². The number of nitriles is 1. The monoisotopic (exact) mass is 224 g/mol. The summed E-state index contributed by atoms with van der Waals surface area (Å²) < 4.78 is 12.7. The van der Waals surface area contributed by atoms with Crippen molar-refractivity contribution in [2.75, 3.05) is 0 Å². The Balaban J connectivity index is 2.37. The molecule has 0 fully saturated rings. The molecule has 1 aromatic carbocycles. The van der Waals surface area contributed by atoms with E-state index in [1.807, 2.05) is 0 Å². The Morgan fingerprint density at radius 2 is 1.76 bits per heavy atom. The van der Waals surface area contributed by atoms with Gasteiger partial charge < -0.3 is 0 Å². The van der Waals surface area contributed by atoms with Crippen LogP contribution in [0.4, 0.5) is 4.39 Å². The first-order valence-corrected chi connectivity index (χ1v) is 5.07. The fourth-order valence-electron chi connectivity index (χ4n) is 1.44. The smallest absolute Gasteiger partial charge is 0.123 e. The molecule has 0 radical (unpaired) electrons. The van der Waals surface area contributed by atoms with Gasteiger partial charge in [0.25, 0.3) is 0 Å². The lowest BCUT2D eigenvalue weighted by Gasteiger charge is -1.98. The predicted molar refractivity (Wildman–Crippen MR) is 64.1 cm³/mol. The Hall–Kier alpha value is -2.47. The second-order valence-electron chi connectivity index (χ2n) is 3.46. The average molecular weight is 224 g/mol. The van der Waals surface area contributed by atoms with Crippen molar-refractivity contribution in [3.05, 3.63) is 65.7 Å². The lowest BCUT2D eigenvalue weighted by molar-refractivity contribution is 0.628. The Bertz CT molecular complexity index is 565. The van der Waals surface area contributed by atoms with Crippen LogP contribution in [0.2, 0.25) is 0 Å². The molecule has 0 N–H and O–H groups in total. The van der Waals surface area contributed by atoms with E-state index in [0.717, 1.165) is 11.1 Å². The first-order chi connectivity index (χ1) is 8.29. The fourth-order valence-corrected chi connectivity index (χ4v) is 1.44. The minimum absolute atomic E-state index is 0.287. The van der Waals surface area contributed by atoms with Gasteiger partial charge in [-0.15, -0.1) is 0 Å². The van der Waals surface area contributed by atoms with Crippen molar-refractivity contribution in [2.45, 2.75) is 0 Å². The van der Waals surface area contributed by atoms with Crippen LogP contribution in [0.25, 0.3) is 11.6 Å². The van der Waals surface area contributed by atoms with Gasteiger partial charge in [-0.05, 0) is 41.5 Å². The van der Waals surface area contributed by atoms with Crippen molar-refractivity contribution in [1.82, 2.24) is 4.98 Å². The van der Waals surface area contributed by atoms with Crippen LogP contribution in [-0.4, -0.2) is 4.98 Å². The van der Waals surface area contributed by atoms with Gasteiger partial charge in [0.2, 0.25) is 0 Å². The molecule has 0 atom stereocenters. The van der Waals surface area contributed by atoms with Crippen molar-refractivity contribution in [3.63, 3.8) is 0 Å². The summed E-state index contributed by atoms with van der Waals surface area (Å²) in [6.45, 7) is 0. The van der Waals surface area contributed by atoms with Gasteiger partial charge in [0, 0.05) is 12.4 Å². The van der Waals surface area contributed by atoms with Gasteiger partial charge in [0.05, 0.1) is 11.6 Å². The van der Waals surface area contributed by atoms with Gasteiger partial charge in [-0.25, -0.2) is 4.39 Å². The van der Waals surface area contributed by atoms with E-state index in [0.29, 0.717) is 5.57 Å². The topological polar surface area (TPSA) is 36.7 Å². The van der Waals surface area contributed by atoms with Crippen molar-refractivity contribution >= 4 is 11.6 Å². The number of halogens is 1. The third kappa shape index (κ3) is 2.76. The van der Waals surface area contributed by atoms with Crippen LogP contribution >= 0.6 is 0 Å². The van der Waals surface area contributed by atoms with Crippen molar-refractivity contribution in [3.8, 4) is 6.07 Å². The minimum atomic E-state index is -0.287. The molecule has 0 spiro atoms. The van der Waals surface area contributed by atoms with Gasteiger partial charge in [0.1, 0.15) is 5.82 Å². The van der Waals surface area contributed by atoms with E-state index in [1.165, 1.54) is 12.1 Å². The van der Waals surface area contributed by atoms with Gasteiger partial charge in [-0.3, -0.25) is 4.98 Å². The van der Waals surface area contributed by atoms with Gasteiger partial charge in [-0.2, -0.15) is 5.26 Å². The number of aromatic nitrogens is 1. The Labute approximate surface area is 98.7 Å². The number of hydrogen-bond donors (Lipinski definition) is 0. The van der Waals surface area contributed by atoms with Crippen LogP contribution < -0.4 is 0 Å². The van der Waals surface area contributed by atoms with E-state index in [9.17, 15) is 4.39 Å². The number of rotatable bonds is 2. The number of benzene rings is 1. The van der Waals surface area contributed by atoms with Crippen LogP contribution in [0.3, 0.4) is 0 Å². The molecule has 3 heteroatoms. The van der Waals surface area contributed by atoms with Crippen LogP contribution in [0.1, 0.15) is 11.1 Å². The molecule has 0 amide bonds. The van der Waals surface area contributed by atoms with Crippen LogP contribution in [-0.2, 0) is 0 Å². The Morgan fingerprint density at radius 3 is 2.35 bits per heavy atom. The number of nitrogens with zero attached hydrogens (tertiary/aromatic N) is 2. The first kappa shape index (κ1) is 11.0. The number of pyridine rings is 1. The molecular weight excluding hydrogens is 215 g/mol. The molecule has 0 saturated heterocycles. The Kier molecular flexibility index (Phi) is 3.27. The third-order valence-electron chi connectivity index (χ3n) is 2.29. The average Bonchev–Trinajstić information content (AvgIpc) is 2.39. The summed E-state index contributed by atoms with van der Waals surface area (Å²) in [5, 5.41) is 9.08. The van der Waals surface area contributed by atoms with Crippen LogP contribution in [0, 0.1) is 17.1 Å². The molecule has 2 nitrogen and oxygen atoms in total. The van der Waals surface area contributed by atoms with Crippen LogP contribution in [0.5, 0.6) is 0 Å². The summed E-state index contributed by atoms with van der Waals surface area (Å²) in [5.41, 5.74) is 2.12. The maximum absolute atomic E-state index is 12.7. The maximum atomic E-state index is 12.7. The summed E-state index contributed by atoms with van der Waals surface area (Å²) in [7, 11) is 0. The minimum Gasteiger partial charge on any atom is -0.265 e. The molecule has 0 unspecified atom stereocenters. The standard InChI is InChI=1S/C14H9FN2/c15-14-3-1-11(2-4-14)9-13(10-16)12-5-7-17-8-6-12/h1-9H/b13-9+. The summed E-state index contributed by atoms with van der Waals surface area (Å²) in [6.07, 6.45) is 4.98. The number of allylic oxidation sites excluding steroid dienone is 1. The van der Waals surface area contributed by atoms with Crippen molar-refractivity contribution < 1.29 is 4.39 Å². The highest BCUT2D eigenvalue weighted by Gasteiger charge is 2.00. The third-order valence-corrected chi connectivity index (χ3v) is 2.29. The fraction of sp³-hybridized carbons (Fsp3) is 0. The lowest BCUT2D eigenvalue weighted by atomic mass is 10.1. The first-order valence-electron chi connectivity index (χ1n) is 5.07. The predicted octanol–water partition coefficient (Wildman–Crippen LogP) is 3.28. The highest BCUT2D eigenvalue weighted by Crippen LogP contribution is 2.16. The molecule has 0 aliphatic heterocycles. The molecule has 1 aromatic heterocycles. The summed E-state index contributed by atoms with van der Waals surface area (Å²) in [6, 6.07) is 11.6. The molecule has 2 rings (SSSR count). The summed E-state index contributed by atoms with van der Waals surface area (Å²) >= 11 is 0. The van der Waals surface area contributed by atoms with E-state index in [4.69, 9.17) is 5.26 Å². The lowest BCUT2D eigenvalue weighted by Crippen LogP contribution is -1.83. The van der Waals surface area contributed by atoms with E-state index in [1.54, 1.807) is 42.7 Å². The highest BCUT2D eigenvalue weighted by molar-refractivity contribution is 5.89. The molecule has 0 saturated carbocycles.